The van der Waals surface area contributed by atoms with Crippen molar-refractivity contribution in [3.05, 3.63) is 34.3 Å². The number of ether oxygens (including phenoxy) is 1. The standard InChI is InChI=1S/C12H9Cl2N3O/c13-11-15-10(16-12(14)17-11)8-5-1-3-7-4-2-6-18-9(7)8/h1,3,5H,2,4,6H2. The summed E-state index contributed by atoms with van der Waals surface area (Å²) in [6.07, 6.45) is 2.02. The number of fused-ring (bicyclic) bond motifs is 1. The van der Waals surface area contributed by atoms with Gasteiger partial charge in [-0.05, 0) is 47.7 Å². The Labute approximate surface area is 114 Å². The number of hydrogen-bond donors (Lipinski definition) is 0. The van der Waals surface area contributed by atoms with E-state index in [2.05, 4.69) is 15.0 Å². The van der Waals surface area contributed by atoms with Gasteiger partial charge >= 0.3 is 0 Å². The molecule has 1 aromatic carbocycles. The number of nitrogens with zero attached hydrogens (tertiary/aromatic N) is 3. The first-order valence-electron chi connectivity index (χ1n) is 5.56. The number of halogens is 2. The highest BCUT2D eigenvalue weighted by molar-refractivity contribution is 6.31. The quantitative estimate of drug-likeness (QED) is 0.806. The second-order valence-electron chi connectivity index (χ2n) is 3.94. The molecular formula is C12H9Cl2N3O. The maximum absolute atomic E-state index is 5.80. The van der Waals surface area contributed by atoms with Crippen molar-refractivity contribution in [1.29, 1.82) is 0 Å². The van der Waals surface area contributed by atoms with Crippen LogP contribution in [0.5, 0.6) is 5.75 Å². The molecule has 0 radical (unpaired) electrons. The zero-order chi connectivity index (χ0) is 12.5. The first-order valence-corrected chi connectivity index (χ1v) is 6.32. The predicted molar refractivity (Wildman–Crippen MR) is 69.1 cm³/mol. The van der Waals surface area contributed by atoms with Crippen LogP contribution in [-0.4, -0.2) is 21.6 Å². The maximum atomic E-state index is 5.80. The molecule has 2 heterocycles. The molecule has 0 bridgehead atoms. The summed E-state index contributed by atoms with van der Waals surface area (Å²) in [6.45, 7) is 0.705. The number of benzene rings is 1. The summed E-state index contributed by atoms with van der Waals surface area (Å²) in [7, 11) is 0. The molecule has 4 nitrogen and oxygen atoms in total. The van der Waals surface area contributed by atoms with Crippen molar-refractivity contribution in [3.8, 4) is 17.1 Å². The van der Waals surface area contributed by atoms with Crippen molar-refractivity contribution in [2.75, 3.05) is 6.61 Å². The first-order chi connectivity index (χ1) is 8.74. The van der Waals surface area contributed by atoms with Crippen LogP contribution in [0, 0.1) is 0 Å². The lowest BCUT2D eigenvalue weighted by molar-refractivity contribution is 0.289. The van der Waals surface area contributed by atoms with Gasteiger partial charge in [-0.25, -0.2) is 0 Å². The highest BCUT2D eigenvalue weighted by Crippen LogP contribution is 2.34. The normalized spacial score (nSPS) is 13.9. The Kier molecular flexibility index (Phi) is 3.06. The fourth-order valence-corrected chi connectivity index (χ4v) is 2.37. The summed E-state index contributed by atoms with van der Waals surface area (Å²) in [5, 5.41) is 0.164. The topological polar surface area (TPSA) is 47.9 Å². The van der Waals surface area contributed by atoms with Crippen LogP contribution in [0.1, 0.15) is 12.0 Å². The van der Waals surface area contributed by atoms with Gasteiger partial charge in [0.15, 0.2) is 5.82 Å². The van der Waals surface area contributed by atoms with Crippen LogP contribution in [0.3, 0.4) is 0 Å². The third-order valence-corrected chi connectivity index (χ3v) is 3.09. The van der Waals surface area contributed by atoms with Gasteiger partial charge < -0.3 is 4.74 Å². The average molecular weight is 282 g/mol. The third-order valence-electron chi connectivity index (χ3n) is 2.76. The summed E-state index contributed by atoms with van der Waals surface area (Å²) in [5.74, 6) is 1.26. The summed E-state index contributed by atoms with van der Waals surface area (Å²) in [6, 6.07) is 5.89. The Morgan fingerprint density at radius 2 is 1.83 bits per heavy atom. The molecule has 0 aliphatic carbocycles. The summed E-state index contributed by atoms with van der Waals surface area (Å²) in [5.41, 5.74) is 1.96. The molecule has 1 aromatic heterocycles. The minimum Gasteiger partial charge on any atom is -0.493 e. The summed E-state index contributed by atoms with van der Waals surface area (Å²) in [4.78, 5) is 11.9. The van der Waals surface area contributed by atoms with Gasteiger partial charge in [-0.15, -0.1) is 0 Å². The fraction of sp³-hybridized carbons (Fsp3) is 0.250. The molecule has 3 rings (SSSR count). The highest BCUT2D eigenvalue weighted by Gasteiger charge is 2.18. The van der Waals surface area contributed by atoms with Gasteiger partial charge in [-0.2, -0.15) is 15.0 Å². The van der Waals surface area contributed by atoms with Gasteiger partial charge in [0, 0.05) is 0 Å². The smallest absolute Gasteiger partial charge is 0.227 e. The van der Waals surface area contributed by atoms with E-state index in [-0.39, 0.29) is 10.6 Å². The van der Waals surface area contributed by atoms with E-state index in [1.807, 2.05) is 18.2 Å². The van der Waals surface area contributed by atoms with Gasteiger partial charge in [-0.1, -0.05) is 12.1 Å². The second-order valence-corrected chi connectivity index (χ2v) is 4.62. The van der Waals surface area contributed by atoms with E-state index >= 15 is 0 Å². The lowest BCUT2D eigenvalue weighted by atomic mass is 10.0. The van der Waals surface area contributed by atoms with E-state index in [4.69, 9.17) is 27.9 Å². The first kappa shape index (κ1) is 11.7. The molecule has 1 aliphatic rings. The van der Waals surface area contributed by atoms with E-state index < -0.39 is 0 Å². The number of para-hydroxylation sites is 1. The molecule has 6 heteroatoms. The molecule has 92 valence electrons. The molecule has 2 aromatic rings. The Balaban J connectivity index is 2.16. The molecule has 0 spiro atoms. The molecule has 0 unspecified atom stereocenters. The van der Waals surface area contributed by atoms with E-state index in [9.17, 15) is 0 Å². The minimum atomic E-state index is 0.0819. The lowest BCUT2D eigenvalue weighted by Crippen LogP contribution is -2.10. The molecule has 0 amide bonds. The molecule has 1 aliphatic heterocycles. The van der Waals surface area contributed by atoms with E-state index in [1.54, 1.807) is 0 Å². The Morgan fingerprint density at radius 1 is 1.06 bits per heavy atom. The molecular weight excluding hydrogens is 273 g/mol. The van der Waals surface area contributed by atoms with Crippen LogP contribution in [0.15, 0.2) is 18.2 Å². The number of aryl methyl sites for hydroxylation is 1. The van der Waals surface area contributed by atoms with E-state index in [1.165, 1.54) is 0 Å². The molecule has 0 N–H and O–H groups in total. The maximum Gasteiger partial charge on any atom is 0.227 e. The average Bonchev–Trinajstić information content (AvgIpc) is 2.37. The van der Waals surface area contributed by atoms with E-state index in [0.717, 1.165) is 29.7 Å². The third kappa shape index (κ3) is 2.13. The predicted octanol–water partition coefficient (Wildman–Crippen LogP) is 3.17. The van der Waals surface area contributed by atoms with Crippen LogP contribution in [0.25, 0.3) is 11.4 Å². The fourth-order valence-electron chi connectivity index (χ4n) is 2.01. The molecule has 0 atom stereocenters. The Morgan fingerprint density at radius 3 is 2.61 bits per heavy atom. The van der Waals surface area contributed by atoms with Crippen LogP contribution in [0.2, 0.25) is 10.6 Å². The number of hydrogen-bond acceptors (Lipinski definition) is 4. The van der Waals surface area contributed by atoms with Gasteiger partial charge in [0.05, 0.1) is 12.2 Å². The van der Waals surface area contributed by atoms with Gasteiger partial charge in [0.25, 0.3) is 0 Å². The second kappa shape index (κ2) is 4.71. The zero-order valence-corrected chi connectivity index (χ0v) is 10.9. The monoisotopic (exact) mass is 281 g/mol. The molecule has 18 heavy (non-hydrogen) atoms. The van der Waals surface area contributed by atoms with Crippen molar-refractivity contribution in [2.45, 2.75) is 12.8 Å². The summed E-state index contributed by atoms with van der Waals surface area (Å²) >= 11 is 11.6. The highest BCUT2D eigenvalue weighted by atomic mass is 35.5. The van der Waals surface area contributed by atoms with Crippen LogP contribution in [0.4, 0.5) is 0 Å². The molecule has 0 fully saturated rings. The van der Waals surface area contributed by atoms with Crippen molar-refractivity contribution in [1.82, 2.24) is 15.0 Å². The minimum absolute atomic E-state index is 0.0819. The van der Waals surface area contributed by atoms with Crippen molar-refractivity contribution < 1.29 is 4.74 Å². The Bertz CT molecular complexity index is 584. The molecule has 0 saturated heterocycles. The van der Waals surface area contributed by atoms with Crippen molar-refractivity contribution >= 4 is 23.2 Å². The van der Waals surface area contributed by atoms with Crippen molar-refractivity contribution in [2.24, 2.45) is 0 Å². The van der Waals surface area contributed by atoms with Gasteiger partial charge in [-0.3, -0.25) is 0 Å². The van der Waals surface area contributed by atoms with Crippen molar-refractivity contribution in [3.63, 3.8) is 0 Å². The van der Waals surface area contributed by atoms with Crippen LogP contribution >= 0.6 is 23.2 Å². The van der Waals surface area contributed by atoms with E-state index in [0.29, 0.717) is 12.4 Å². The van der Waals surface area contributed by atoms with Crippen LogP contribution < -0.4 is 4.74 Å². The number of aromatic nitrogens is 3. The SMILES string of the molecule is Clc1nc(Cl)nc(-c2cccc3c2OCCC3)n1. The van der Waals surface area contributed by atoms with Gasteiger partial charge in [0.1, 0.15) is 5.75 Å². The van der Waals surface area contributed by atoms with Gasteiger partial charge in [0.2, 0.25) is 10.6 Å². The molecule has 0 saturated carbocycles. The largest absolute Gasteiger partial charge is 0.493 e. The summed E-state index contributed by atoms with van der Waals surface area (Å²) < 4.78 is 5.70. The zero-order valence-electron chi connectivity index (χ0n) is 9.36. The number of rotatable bonds is 1. The Hall–Kier alpha value is -1.39. The lowest BCUT2D eigenvalue weighted by Gasteiger charge is -2.19. The van der Waals surface area contributed by atoms with Crippen LogP contribution in [-0.2, 0) is 6.42 Å².